The monoisotopic (exact) mass is 483 g/mol. The molecule has 2 aromatic carbocycles. The summed E-state index contributed by atoms with van der Waals surface area (Å²) >= 11 is 0. The molecule has 1 aliphatic heterocycles. The highest BCUT2D eigenvalue weighted by Gasteiger charge is 2.24. The van der Waals surface area contributed by atoms with Crippen LogP contribution >= 0.6 is 0 Å². The summed E-state index contributed by atoms with van der Waals surface area (Å²) in [7, 11) is 1.68. The fraction of sp³-hybridized carbons (Fsp3) is 0.290. The van der Waals surface area contributed by atoms with E-state index in [4.69, 9.17) is 9.84 Å². The van der Waals surface area contributed by atoms with Crippen molar-refractivity contribution in [1.82, 2.24) is 14.7 Å². The Morgan fingerprint density at radius 2 is 1.81 bits per heavy atom. The van der Waals surface area contributed by atoms with E-state index in [9.17, 15) is 4.79 Å². The largest absolute Gasteiger partial charge is 0.481 e. The Kier molecular flexibility index (Phi) is 9.87. The van der Waals surface area contributed by atoms with Gasteiger partial charge in [0.1, 0.15) is 0 Å². The standard InChI is InChI=1S/C19H22N2O.C12H15NO/c1-5-6-7-9-12-15(2)18-16(3)19(22-4)21(20-18)17-13-10-8-11-14-17;1-2-12-11-6-4-3-5-10(11)7-8-13(12)9-14/h5-14H,1-4H3;3-6,9,12H,2,7-8H2,1H3/b6-5-,9-7-,15-12+;. The molecule has 5 heteroatoms. The Balaban J connectivity index is 0.000000221. The van der Waals surface area contributed by atoms with Crippen molar-refractivity contribution < 1.29 is 9.53 Å². The molecule has 0 aliphatic carbocycles. The van der Waals surface area contributed by atoms with Crippen molar-refractivity contribution in [3.05, 3.63) is 107 Å². The predicted octanol–water partition coefficient (Wildman–Crippen LogP) is 6.88. The van der Waals surface area contributed by atoms with E-state index in [-0.39, 0.29) is 6.04 Å². The van der Waals surface area contributed by atoms with E-state index >= 15 is 0 Å². The van der Waals surface area contributed by atoms with E-state index in [0.717, 1.165) is 54.2 Å². The van der Waals surface area contributed by atoms with Gasteiger partial charge in [0.15, 0.2) is 0 Å². The zero-order valence-electron chi connectivity index (χ0n) is 22.0. The molecular weight excluding hydrogens is 446 g/mol. The van der Waals surface area contributed by atoms with Crippen molar-refractivity contribution in [3.63, 3.8) is 0 Å². The van der Waals surface area contributed by atoms with Crippen LogP contribution in [0.2, 0.25) is 0 Å². The molecule has 0 bridgehead atoms. The van der Waals surface area contributed by atoms with Crippen LogP contribution < -0.4 is 4.74 Å². The van der Waals surface area contributed by atoms with Crippen LogP contribution in [-0.4, -0.2) is 34.7 Å². The SMILES string of the molecule is CCC1c2ccccc2CCN1C=O.C\C=C/C=C\C=C(/C)c1nn(-c2ccccc2)c(OC)c1C. The minimum atomic E-state index is 0.289. The lowest BCUT2D eigenvalue weighted by Crippen LogP contribution is -2.33. The zero-order chi connectivity index (χ0) is 25.9. The Hall–Kier alpha value is -3.86. The van der Waals surface area contributed by atoms with Crippen LogP contribution in [0.3, 0.4) is 0 Å². The maximum absolute atomic E-state index is 10.9. The predicted molar refractivity (Wildman–Crippen MR) is 148 cm³/mol. The van der Waals surface area contributed by atoms with Crippen LogP contribution in [0, 0.1) is 6.92 Å². The minimum Gasteiger partial charge on any atom is -0.481 e. The highest BCUT2D eigenvalue weighted by Crippen LogP contribution is 2.31. The first-order valence-electron chi connectivity index (χ1n) is 12.5. The first kappa shape index (κ1) is 26.7. The number of fused-ring (bicyclic) bond motifs is 1. The van der Waals surface area contributed by atoms with E-state index in [2.05, 4.69) is 44.2 Å². The molecular formula is C31H37N3O2. The number of hydrogen-bond acceptors (Lipinski definition) is 3. The lowest BCUT2D eigenvalue weighted by atomic mass is 9.92. The van der Waals surface area contributed by atoms with E-state index < -0.39 is 0 Å². The number of rotatable bonds is 7. The molecule has 1 unspecified atom stereocenters. The number of carbonyl (C=O) groups excluding carboxylic acids is 1. The van der Waals surface area contributed by atoms with Crippen LogP contribution in [0.4, 0.5) is 0 Å². The van der Waals surface area contributed by atoms with Crippen molar-refractivity contribution in [1.29, 1.82) is 0 Å². The number of ether oxygens (including phenoxy) is 1. The summed E-state index contributed by atoms with van der Waals surface area (Å²) in [6, 6.07) is 18.7. The number of carbonyl (C=O) groups is 1. The topological polar surface area (TPSA) is 47.4 Å². The van der Waals surface area contributed by atoms with Gasteiger partial charge in [0, 0.05) is 12.1 Å². The van der Waals surface area contributed by atoms with Gasteiger partial charge in [0.25, 0.3) is 0 Å². The molecule has 36 heavy (non-hydrogen) atoms. The van der Waals surface area contributed by atoms with Gasteiger partial charge < -0.3 is 9.64 Å². The molecule has 3 aromatic rings. The lowest BCUT2D eigenvalue weighted by Gasteiger charge is -2.34. The number of amides is 1. The van der Waals surface area contributed by atoms with Gasteiger partial charge in [0.05, 0.1) is 24.5 Å². The van der Waals surface area contributed by atoms with Crippen molar-refractivity contribution in [3.8, 4) is 11.6 Å². The number of methoxy groups -OCH3 is 1. The summed E-state index contributed by atoms with van der Waals surface area (Å²) in [4.78, 5) is 12.8. The van der Waals surface area contributed by atoms with Gasteiger partial charge in [-0.25, -0.2) is 4.68 Å². The second-order valence-electron chi connectivity index (χ2n) is 8.71. The van der Waals surface area contributed by atoms with Gasteiger partial charge in [-0.2, -0.15) is 5.10 Å². The molecule has 0 radical (unpaired) electrons. The van der Waals surface area contributed by atoms with Crippen molar-refractivity contribution >= 4 is 12.0 Å². The van der Waals surface area contributed by atoms with Crippen LogP contribution in [0.25, 0.3) is 11.3 Å². The van der Waals surface area contributed by atoms with E-state index in [1.54, 1.807) is 7.11 Å². The van der Waals surface area contributed by atoms with Gasteiger partial charge in [0.2, 0.25) is 12.3 Å². The van der Waals surface area contributed by atoms with Crippen molar-refractivity contribution in [2.45, 2.75) is 46.6 Å². The summed E-state index contributed by atoms with van der Waals surface area (Å²) in [6.07, 6.45) is 13.0. The number of aromatic nitrogens is 2. The molecule has 188 valence electrons. The molecule has 0 saturated heterocycles. The number of hydrogen-bond donors (Lipinski definition) is 0. The molecule has 0 spiro atoms. The smallest absolute Gasteiger partial charge is 0.219 e. The zero-order valence-corrected chi connectivity index (χ0v) is 22.0. The van der Waals surface area contributed by atoms with Crippen LogP contribution in [-0.2, 0) is 11.2 Å². The maximum atomic E-state index is 10.9. The summed E-state index contributed by atoms with van der Waals surface area (Å²) < 4.78 is 7.39. The number of benzene rings is 2. The third-order valence-corrected chi connectivity index (χ3v) is 6.37. The average Bonchev–Trinajstić information content (AvgIpc) is 3.27. The third kappa shape index (κ3) is 6.22. The lowest BCUT2D eigenvalue weighted by molar-refractivity contribution is -0.120. The Morgan fingerprint density at radius 1 is 1.08 bits per heavy atom. The van der Waals surface area contributed by atoms with Crippen LogP contribution in [0.1, 0.15) is 55.6 Å². The molecule has 1 aromatic heterocycles. The van der Waals surface area contributed by atoms with Gasteiger partial charge in [-0.1, -0.05) is 79.8 Å². The molecule has 2 heterocycles. The molecule has 1 atom stereocenters. The van der Waals surface area contributed by atoms with Gasteiger partial charge in [-0.15, -0.1) is 0 Å². The molecule has 4 rings (SSSR count). The minimum absolute atomic E-state index is 0.289. The molecule has 0 fully saturated rings. The van der Waals surface area contributed by atoms with Crippen LogP contribution in [0.15, 0.2) is 85.0 Å². The average molecular weight is 484 g/mol. The van der Waals surface area contributed by atoms with Crippen LogP contribution in [0.5, 0.6) is 5.88 Å². The van der Waals surface area contributed by atoms with Gasteiger partial charge >= 0.3 is 0 Å². The van der Waals surface area contributed by atoms with E-state index in [1.165, 1.54) is 11.1 Å². The Labute approximate surface area is 215 Å². The third-order valence-electron chi connectivity index (χ3n) is 6.37. The first-order chi connectivity index (χ1) is 17.5. The molecule has 0 N–H and O–H groups in total. The summed E-state index contributed by atoms with van der Waals surface area (Å²) in [6.45, 7) is 9.08. The maximum Gasteiger partial charge on any atom is 0.219 e. The highest BCUT2D eigenvalue weighted by atomic mass is 16.5. The number of nitrogens with zero attached hydrogens (tertiary/aromatic N) is 3. The Bertz CT molecular complexity index is 1220. The molecule has 5 nitrogen and oxygen atoms in total. The van der Waals surface area contributed by atoms with Crippen molar-refractivity contribution in [2.24, 2.45) is 0 Å². The second kappa shape index (κ2) is 13.3. The Morgan fingerprint density at radius 3 is 2.47 bits per heavy atom. The van der Waals surface area contributed by atoms with Gasteiger partial charge in [-0.3, -0.25) is 4.79 Å². The second-order valence-corrected chi connectivity index (χ2v) is 8.71. The summed E-state index contributed by atoms with van der Waals surface area (Å²) in [5.74, 6) is 0.770. The first-order valence-corrected chi connectivity index (χ1v) is 12.5. The normalized spacial score (nSPS) is 15.5. The fourth-order valence-corrected chi connectivity index (χ4v) is 4.54. The fourth-order valence-electron chi connectivity index (χ4n) is 4.54. The van der Waals surface area contributed by atoms with Gasteiger partial charge in [-0.05, 0) is 62.4 Å². The quantitative estimate of drug-likeness (QED) is 0.272. The van der Waals surface area contributed by atoms with E-state index in [1.807, 2.05) is 78.1 Å². The summed E-state index contributed by atoms with van der Waals surface area (Å²) in [5.41, 5.74) is 6.81. The number of para-hydroxylation sites is 1. The molecule has 1 amide bonds. The van der Waals surface area contributed by atoms with E-state index in [0.29, 0.717) is 0 Å². The molecule has 1 aliphatic rings. The number of allylic oxidation sites excluding steroid dienone is 6. The van der Waals surface area contributed by atoms with Crippen molar-refractivity contribution in [2.75, 3.05) is 13.7 Å². The highest BCUT2D eigenvalue weighted by molar-refractivity contribution is 5.67. The summed E-state index contributed by atoms with van der Waals surface area (Å²) in [5, 5.41) is 4.72. The molecule has 0 saturated carbocycles.